The number of anilines is 1. The molecule has 0 unspecified atom stereocenters. The van der Waals surface area contributed by atoms with Crippen molar-refractivity contribution in [3.8, 4) is 0 Å². The molecule has 1 aliphatic heterocycles. The zero-order chi connectivity index (χ0) is 20.5. The van der Waals surface area contributed by atoms with E-state index >= 15 is 0 Å². The standard InChI is InChI=1S/C23H22N2O4/c1-2-22(26)28-13-5-6-14-29-23(27)18-11-9-17(10-12-18)21-16-24-15-19-7-3-4-8-20(19)25-21/h2-4,7-12,15-16,25H,1,5-6,13-14H2. The normalized spacial score (nSPS) is 12.1. The molecule has 0 aliphatic carbocycles. The van der Waals surface area contributed by atoms with E-state index in [1.807, 2.05) is 36.4 Å². The summed E-state index contributed by atoms with van der Waals surface area (Å²) in [6, 6.07) is 15.1. The summed E-state index contributed by atoms with van der Waals surface area (Å²) >= 11 is 0. The van der Waals surface area contributed by atoms with Crippen LogP contribution in [0.4, 0.5) is 5.69 Å². The maximum absolute atomic E-state index is 12.2. The fourth-order valence-corrected chi connectivity index (χ4v) is 2.71. The molecule has 29 heavy (non-hydrogen) atoms. The van der Waals surface area contributed by atoms with Gasteiger partial charge in [-0.3, -0.25) is 4.99 Å². The third-order valence-electron chi connectivity index (χ3n) is 4.26. The molecule has 3 rings (SSSR count). The van der Waals surface area contributed by atoms with Gasteiger partial charge in [-0.25, -0.2) is 9.59 Å². The monoisotopic (exact) mass is 390 g/mol. The second-order valence-electron chi connectivity index (χ2n) is 6.33. The molecule has 148 valence electrons. The Morgan fingerprint density at radius 2 is 1.72 bits per heavy atom. The van der Waals surface area contributed by atoms with Gasteiger partial charge in [-0.15, -0.1) is 0 Å². The first-order valence-corrected chi connectivity index (χ1v) is 9.33. The van der Waals surface area contributed by atoms with E-state index in [2.05, 4.69) is 16.9 Å². The van der Waals surface area contributed by atoms with E-state index in [0.29, 0.717) is 18.4 Å². The van der Waals surface area contributed by atoms with E-state index in [1.165, 1.54) is 0 Å². The number of hydrogen-bond donors (Lipinski definition) is 1. The average Bonchev–Trinajstić information content (AvgIpc) is 2.98. The van der Waals surface area contributed by atoms with Crippen LogP contribution in [0.15, 0.2) is 72.4 Å². The van der Waals surface area contributed by atoms with Crippen LogP contribution < -0.4 is 5.32 Å². The smallest absolute Gasteiger partial charge is 0.338 e. The molecular weight excluding hydrogens is 368 g/mol. The van der Waals surface area contributed by atoms with Crippen LogP contribution in [0.25, 0.3) is 5.70 Å². The van der Waals surface area contributed by atoms with Crippen molar-refractivity contribution in [2.24, 2.45) is 4.99 Å². The number of nitrogens with zero attached hydrogens (tertiary/aromatic N) is 1. The Labute approximate surface area is 169 Å². The first kappa shape index (κ1) is 20.1. The number of carbonyl (C=O) groups is 2. The molecule has 0 saturated carbocycles. The maximum atomic E-state index is 12.2. The number of esters is 2. The Balaban J connectivity index is 1.50. The lowest BCUT2D eigenvalue weighted by Gasteiger charge is -2.11. The molecule has 1 heterocycles. The zero-order valence-corrected chi connectivity index (χ0v) is 16.0. The minimum atomic E-state index is -0.450. The highest BCUT2D eigenvalue weighted by molar-refractivity contribution is 5.94. The fraction of sp³-hybridized carbons (Fsp3) is 0.174. The number of hydrogen-bond acceptors (Lipinski definition) is 6. The Kier molecular flexibility index (Phi) is 6.95. The molecule has 6 nitrogen and oxygen atoms in total. The van der Waals surface area contributed by atoms with E-state index < -0.39 is 5.97 Å². The van der Waals surface area contributed by atoms with Crippen molar-refractivity contribution in [2.75, 3.05) is 18.5 Å². The summed E-state index contributed by atoms with van der Waals surface area (Å²) in [6.45, 7) is 3.88. The predicted octanol–water partition coefficient (Wildman–Crippen LogP) is 4.20. The van der Waals surface area contributed by atoms with E-state index in [-0.39, 0.29) is 19.2 Å². The molecule has 2 aromatic carbocycles. The highest BCUT2D eigenvalue weighted by Crippen LogP contribution is 2.24. The van der Waals surface area contributed by atoms with E-state index in [4.69, 9.17) is 9.47 Å². The van der Waals surface area contributed by atoms with Crippen LogP contribution >= 0.6 is 0 Å². The van der Waals surface area contributed by atoms with Crippen LogP contribution in [0.3, 0.4) is 0 Å². The number of para-hydroxylation sites is 1. The van der Waals surface area contributed by atoms with Gasteiger partial charge in [0.2, 0.25) is 0 Å². The summed E-state index contributed by atoms with van der Waals surface area (Å²) in [7, 11) is 0. The van der Waals surface area contributed by atoms with Gasteiger partial charge in [0.1, 0.15) is 0 Å². The molecule has 0 spiro atoms. The molecule has 0 radical (unpaired) electrons. The van der Waals surface area contributed by atoms with Gasteiger partial charge in [0, 0.05) is 23.5 Å². The quantitative estimate of drug-likeness (QED) is 0.415. The third-order valence-corrected chi connectivity index (χ3v) is 4.26. The van der Waals surface area contributed by atoms with Gasteiger partial charge in [-0.1, -0.05) is 36.9 Å². The van der Waals surface area contributed by atoms with Crippen LogP contribution in [0.5, 0.6) is 0 Å². The van der Waals surface area contributed by atoms with Gasteiger partial charge < -0.3 is 14.8 Å². The Bertz CT molecular complexity index is 946. The SMILES string of the molecule is C=CC(=O)OCCCCOC(=O)c1ccc(C2=CN=Cc3ccccc3N2)cc1. The molecular formula is C23H22N2O4. The van der Waals surface area contributed by atoms with Crippen LogP contribution in [-0.2, 0) is 14.3 Å². The lowest BCUT2D eigenvalue weighted by atomic mass is 10.1. The maximum Gasteiger partial charge on any atom is 0.338 e. The first-order chi connectivity index (χ1) is 14.2. The van der Waals surface area contributed by atoms with Crippen molar-refractivity contribution < 1.29 is 19.1 Å². The summed E-state index contributed by atoms with van der Waals surface area (Å²) in [5.74, 6) is -0.833. The number of aliphatic imine (C=N–C) groups is 1. The second-order valence-corrected chi connectivity index (χ2v) is 6.33. The van der Waals surface area contributed by atoms with E-state index in [1.54, 1.807) is 24.5 Å². The number of ether oxygens (including phenoxy) is 2. The highest BCUT2D eigenvalue weighted by atomic mass is 16.5. The summed E-state index contributed by atoms with van der Waals surface area (Å²) in [6.07, 6.45) is 5.91. The lowest BCUT2D eigenvalue weighted by molar-refractivity contribution is -0.137. The van der Waals surface area contributed by atoms with Crippen LogP contribution in [0.1, 0.15) is 34.3 Å². The second kappa shape index (κ2) is 10.0. The highest BCUT2D eigenvalue weighted by Gasteiger charge is 2.11. The number of fused-ring (bicyclic) bond motifs is 1. The number of unbranched alkanes of at least 4 members (excludes halogenated alkanes) is 1. The van der Waals surface area contributed by atoms with Gasteiger partial charge in [0.05, 0.1) is 30.7 Å². The fourth-order valence-electron chi connectivity index (χ4n) is 2.71. The van der Waals surface area contributed by atoms with Crippen LogP contribution in [-0.4, -0.2) is 31.4 Å². The Morgan fingerprint density at radius 1 is 1.00 bits per heavy atom. The molecule has 0 saturated heterocycles. The van der Waals surface area contributed by atoms with Crippen molar-refractivity contribution >= 4 is 29.5 Å². The van der Waals surface area contributed by atoms with Gasteiger partial charge >= 0.3 is 11.9 Å². The number of carbonyl (C=O) groups excluding carboxylic acids is 2. The largest absolute Gasteiger partial charge is 0.463 e. The summed E-state index contributed by atoms with van der Waals surface area (Å²) in [5.41, 5.74) is 4.23. The van der Waals surface area contributed by atoms with Crippen molar-refractivity contribution in [2.45, 2.75) is 12.8 Å². The molecule has 0 atom stereocenters. The van der Waals surface area contributed by atoms with Crippen molar-refractivity contribution in [1.29, 1.82) is 0 Å². The topological polar surface area (TPSA) is 77.0 Å². The number of nitrogens with one attached hydrogen (secondary N) is 1. The summed E-state index contributed by atoms with van der Waals surface area (Å²) in [5, 5.41) is 3.37. The van der Waals surface area contributed by atoms with Gasteiger partial charge in [0.15, 0.2) is 0 Å². The molecule has 0 aromatic heterocycles. The van der Waals surface area contributed by atoms with E-state index in [0.717, 1.165) is 28.6 Å². The van der Waals surface area contributed by atoms with Crippen molar-refractivity contribution in [1.82, 2.24) is 0 Å². The van der Waals surface area contributed by atoms with Crippen molar-refractivity contribution in [3.05, 3.63) is 84.1 Å². The first-order valence-electron chi connectivity index (χ1n) is 9.33. The average molecular weight is 390 g/mol. The van der Waals surface area contributed by atoms with Crippen LogP contribution in [0.2, 0.25) is 0 Å². The molecule has 0 fully saturated rings. The molecule has 0 bridgehead atoms. The van der Waals surface area contributed by atoms with E-state index in [9.17, 15) is 9.59 Å². The van der Waals surface area contributed by atoms with Crippen molar-refractivity contribution in [3.63, 3.8) is 0 Å². The summed E-state index contributed by atoms with van der Waals surface area (Å²) in [4.78, 5) is 27.4. The lowest BCUT2D eigenvalue weighted by Crippen LogP contribution is -2.08. The Morgan fingerprint density at radius 3 is 2.48 bits per heavy atom. The third kappa shape index (κ3) is 5.65. The molecule has 2 aromatic rings. The Hall–Kier alpha value is -3.67. The zero-order valence-electron chi connectivity index (χ0n) is 16.0. The molecule has 0 amide bonds. The van der Waals surface area contributed by atoms with Gasteiger partial charge in [-0.2, -0.15) is 0 Å². The minimum Gasteiger partial charge on any atom is -0.463 e. The number of rotatable bonds is 8. The molecule has 1 N–H and O–H groups in total. The molecule has 6 heteroatoms. The number of benzene rings is 2. The van der Waals surface area contributed by atoms with Gasteiger partial charge in [-0.05, 0) is 36.6 Å². The summed E-state index contributed by atoms with van der Waals surface area (Å²) < 4.78 is 10.1. The van der Waals surface area contributed by atoms with Crippen LogP contribution in [0, 0.1) is 0 Å². The minimum absolute atomic E-state index is 0.268. The van der Waals surface area contributed by atoms with Gasteiger partial charge in [0.25, 0.3) is 0 Å². The molecule has 1 aliphatic rings. The predicted molar refractivity (Wildman–Crippen MR) is 113 cm³/mol.